The van der Waals surface area contributed by atoms with E-state index in [1.807, 2.05) is 18.2 Å². The van der Waals surface area contributed by atoms with Gasteiger partial charge in [0.25, 0.3) is 0 Å². The van der Waals surface area contributed by atoms with Crippen LogP contribution in [0.2, 0.25) is 0 Å². The number of hydrogen-bond acceptors (Lipinski definition) is 4. The van der Waals surface area contributed by atoms with Crippen molar-refractivity contribution >= 4 is 15.9 Å². The van der Waals surface area contributed by atoms with Crippen molar-refractivity contribution in [3.05, 3.63) is 52.0 Å². The maximum atomic E-state index is 10.5. The highest BCUT2D eigenvalue weighted by Gasteiger charge is 2.29. The summed E-state index contributed by atoms with van der Waals surface area (Å²) in [5.74, 6) is 1.58. The normalized spacial score (nSPS) is 18.3. The van der Waals surface area contributed by atoms with Crippen molar-refractivity contribution in [1.82, 2.24) is 4.90 Å². The van der Waals surface area contributed by atoms with E-state index in [-0.39, 0.29) is 18.6 Å². The van der Waals surface area contributed by atoms with Gasteiger partial charge in [0.05, 0.1) is 6.04 Å². The van der Waals surface area contributed by atoms with Crippen LogP contribution in [0.25, 0.3) is 0 Å². The third-order valence-electron chi connectivity index (χ3n) is 4.51. The largest absolute Gasteiger partial charge is 0.507 e. The van der Waals surface area contributed by atoms with Gasteiger partial charge < -0.3 is 14.6 Å². The van der Waals surface area contributed by atoms with Gasteiger partial charge in [-0.05, 0) is 49.7 Å². The fourth-order valence-corrected chi connectivity index (χ4v) is 3.66. The van der Waals surface area contributed by atoms with Crippen LogP contribution in [0.3, 0.4) is 0 Å². The van der Waals surface area contributed by atoms with Crippen LogP contribution in [0.15, 0.2) is 40.9 Å². The van der Waals surface area contributed by atoms with Crippen molar-refractivity contribution < 1.29 is 14.6 Å². The van der Waals surface area contributed by atoms with Crippen LogP contribution < -0.4 is 9.47 Å². The molecular weight excluding hydrogens is 358 g/mol. The van der Waals surface area contributed by atoms with Gasteiger partial charge in [0.2, 0.25) is 6.79 Å². The molecule has 1 saturated heterocycles. The number of phenolic OH excluding ortho intramolecular Hbond substituents is 1. The number of ether oxygens (including phenoxy) is 2. The summed E-state index contributed by atoms with van der Waals surface area (Å²) in [4.78, 5) is 2.42. The molecule has 0 radical (unpaired) electrons. The number of halogens is 1. The van der Waals surface area contributed by atoms with Crippen molar-refractivity contribution in [3.63, 3.8) is 0 Å². The van der Waals surface area contributed by atoms with Crippen LogP contribution in [-0.4, -0.2) is 29.9 Å². The van der Waals surface area contributed by atoms with E-state index in [0.29, 0.717) is 11.5 Å². The summed E-state index contributed by atoms with van der Waals surface area (Å²) in [6.07, 6.45) is 2.39. The summed E-state index contributed by atoms with van der Waals surface area (Å²) in [7, 11) is 0. The van der Waals surface area contributed by atoms with Crippen molar-refractivity contribution in [3.8, 4) is 17.2 Å². The first-order chi connectivity index (χ1) is 11.2. The lowest BCUT2D eigenvalue weighted by molar-refractivity contribution is 0.173. The molecule has 2 aromatic carbocycles. The fourth-order valence-electron chi connectivity index (χ4n) is 3.40. The number of phenols is 1. The molecular formula is C18H18BrNO3. The average Bonchev–Trinajstić information content (AvgIpc) is 3.21. The third-order valence-corrected chi connectivity index (χ3v) is 5.04. The van der Waals surface area contributed by atoms with Crippen molar-refractivity contribution in [2.75, 3.05) is 19.9 Å². The molecule has 2 aliphatic heterocycles. The zero-order valence-electron chi connectivity index (χ0n) is 12.7. The minimum atomic E-state index is 0.0279. The van der Waals surface area contributed by atoms with E-state index < -0.39 is 0 Å². The number of rotatable bonds is 3. The van der Waals surface area contributed by atoms with Crippen LogP contribution in [0.1, 0.15) is 30.0 Å². The molecule has 2 heterocycles. The zero-order chi connectivity index (χ0) is 15.8. The van der Waals surface area contributed by atoms with Crippen LogP contribution >= 0.6 is 15.9 Å². The minimum absolute atomic E-state index is 0.0279. The summed E-state index contributed by atoms with van der Waals surface area (Å²) in [6, 6.07) is 11.9. The molecule has 23 heavy (non-hydrogen) atoms. The van der Waals surface area contributed by atoms with Gasteiger partial charge in [-0.15, -0.1) is 0 Å². The highest BCUT2D eigenvalue weighted by Crippen LogP contribution is 2.43. The second-order valence-corrected chi connectivity index (χ2v) is 6.88. The number of fused-ring (bicyclic) bond motifs is 1. The van der Waals surface area contributed by atoms with Gasteiger partial charge in [0.15, 0.2) is 11.5 Å². The van der Waals surface area contributed by atoms with Gasteiger partial charge in [-0.2, -0.15) is 0 Å². The Hall–Kier alpha value is -1.72. The van der Waals surface area contributed by atoms with Crippen LogP contribution in [-0.2, 0) is 0 Å². The molecule has 2 aromatic rings. The second kappa shape index (κ2) is 6.06. The van der Waals surface area contributed by atoms with Gasteiger partial charge >= 0.3 is 0 Å². The topological polar surface area (TPSA) is 41.9 Å². The standard InChI is InChI=1S/C18H18BrNO3/c19-13-5-3-12(4-6-13)18(20-7-1-2-8-20)14-9-16-17(10-15(14)21)23-11-22-16/h3-6,9-10,18,21H,1-2,7-8,11H2/t18-/m0/s1. The van der Waals surface area contributed by atoms with E-state index in [2.05, 4.69) is 33.0 Å². The number of benzene rings is 2. The molecule has 0 amide bonds. The Balaban J connectivity index is 1.80. The van der Waals surface area contributed by atoms with Gasteiger partial charge in [-0.1, -0.05) is 28.1 Å². The maximum Gasteiger partial charge on any atom is 0.231 e. The van der Waals surface area contributed by atoms with Gasteiger partial charge in [0, 0.05) is 16.1 Å². The summed E-state index contributed by atoms with van der Waals surface area (Å²) in [6.45, 7) is 2.29. The molecule has 0 unspecified atom stereocenters. The minimum Gasteiger partial charge on any atom is -0.507 e. The second-order valence-electron chi connectivity index (χ2n) is 5.96. The Morgan fingerprint density at radius 3 is 2.35 bits per heavy atom. The van der Waals surface area contributed by atoms with Crippen LogP contribution in [0.4, 0.5) is 0 Å². The Morgan fingerprint density at radius 2 is 1.65 bits per heavy atom. The molecule has 0 spiro atoms. The quantitative estimate of drug-likeness (QED) is 0.877. The highest BCUT2D eigenvalue weighted by atomic mass is 79.9. The van der Waals surface area contributed by atoms with E-state index in [4.69, 9.17) is 9.47 Å². The number of nitrogens with zero attached hydrogens (tertiary/aromatic N) is 1. The first-order valence-electron chi connectivity index (χ1n) is 7.84. The fraction of sp³-hybridized carbons (Fsp3) is 0.333. The lowest BCUT2D eigenvalue weighted by atomic mass is 9.96. The Bertz CT molecular complexity index is 711. The SMILES string of the molecule is Oc1cc2c(cc1[C@H](c1ccc(Br)cc1)N1CCCC1)OCO2. The molecule has 0 saturated carbocycles. The lowest BCUT2D eigenvalue weighted by Gasteiger charge is -2.29. The summed E-state index contributed by atoms with van der Waals surface area (Å²) >= 11 is 3.49. The summed E-state index contributed by atoms with van der Waals surface area (Å²) in [5.41, 5.74) is 2.04. The van der Waals surface area contributed by atoms with Gasteiger partial charge in [-0.25, -0.2) is 0 Å². The molecule has 1 N–H and O–H groups in total. The van der Waals surface area contributed by atoms with E-state index in [1.54, 1.807) is 6.07 Å². The van der Waals surface area contributed by atoms with Crippen molar-refractivity contribution in [2.45, 2.75) is 18.9 Å². The van der Waals surface area contributed by atoms with Crippen LogP contribution in [0, 0.1) is 0 Å². The first kappa shape index (κ1) is 14.8. The van der Waals surface area contributed by atoms with Gasteiger partial charge in [-0.3, -0.25) is 4.90 Å². The Morgan fingerprint density at radius 1 is 1.00 bits per heavy atom. The Labute approximate surface area is 143 Å². The van der Waals surface area contributed by atoms with Crippen LogP contribution in [0.5, 0.6) is 17.2 Å². The van der Waals surface area contributed by atoms with Gasteiger partial charge in [0.1, 0.15) is 5.75 Å². The molecule has 4 rings (SSSR count). The molecule has 2 aliphatic rings. The zero-order valence-corrected chi connectivity index (χ0v) is 14.3. The van der Waals surface area contributed by atoms with E-state index in [9.17, 15) is 5.11 Å². The Kier molecular flexibility index (Phi) is 3.91. The average molecular weight is 376 g/mol. The van der Waals surface area contributed by atoms with E-state index >= 15 is 0 Å². The molecule has 1 atom stereocenters. The maximum absolute atomic E-state index is 10.5. The van der Waals surface area contributed by atoms with E-state index in [1.165, 1.54) is 18.4 Å². The molecule has 4 nitrogen and oxygen atoms in total. The monoisotopic (exact) mass is 375 g/mol. The van der Waals surface area contributed by atoms with Crippen molar-refractivity contribution in [2.24, 2.45) is 0 Å². The lowest BCUT2D eigenvalue weighted by Crippen LogP contribution is -2.26. The highest BCUT2D eigenvalue weighted by molar-refractivity contribution is 9.10. The molecule has 0 aliphatic carbocycles. The molecule has 1 fully saturated rings. The first-order valence-corrected chi connectivity index (χ1v) is 8.64. The number of aromatic hydroxyl groups is 1. The summed E-state index contributed by atoms with van der Waals surface area (Å²) in [5, 5.41) is 10.5. The van der Waals surface area contributed by atoms with E-state index in [0.717, 1.165) is 23.1 Å². The molecule has 0 bridgehead atoms. The smallest absolute Gasteiger partial charge is 0.231 e. The number of likely N-dealkylation sites (tertiary alicyclic amines) is 1. The predicted octanol–water partition coefficient (Wildman–Crippen LogP) is 4.07. The summed E-state index contributed by atoms with van der Waals surface area (Å²) < 4.78 is 11.9. The predicted molar refractivity (Wildman–Crippen MR) is 91.0 cm³/mol. The molecule has 0 aromatic heterocycles. The number of hydrogen-bond donors (Lipinski definition) is 1. The molecule has 120 valence electrons. The van der Waals surface area contributed by atoms with Crippen molar-refractivity contribution in [1.29, 1.82) is 0 Å². The molecule has 5 heteroatoms. The third kappa shape index (κ3) is 2.79.